The standard InChI is InChI=1S/C15H16N2O4/c1-20-13-6-4-10(8-12(13)18)17-15(19)11-5-3-9(16)7-14(11)21-2/h3-8,18H,16H2,1-2H3,(H,17,19). The third-order valence-corrected chi connectivity index (χ3v) is 2.91. The number of nitrogens with two attached hydrogens (primary N) is 1. The van der Waals surface area contributed by atoms with E-state index in [2.05, 4.69) is 5.32 Å². The molecule has 0 aromatic heterocycles. The molecule has 4 N–H and O–H groups in total. The van der Waals surface area contributed by atoms with Crippen LogP contribution in [0.15, 0.2) is 36.4 Å². The van der Waals surface area contributed by atoms with Gasteiger partial charge in [-0.25, -0.2) is 0 Å². The number of hydrogen-bond acceptors (Lipinski definition) is 5. The molecule has 6 nitrogen and oxygen atoms in total. The molecule has 0 fully saturated rings. The van der Waals surface area contributed by atoms with Crippen LogP contribution in [0.1, 0.15) is 10.4 Å². The third-order valence-electron chi connectivity index (χ3n) is 2.91. The highest BCUT2D eigenvalue weighted by atomic mass is 16.5. The van der Waals surface area contributed by atoms with Crippen LogP contribution in [0.2, 0.25) is 0 Å². The number of aromatic hydroxyl groups is 1. The van der Waals surface area contributed by atoms with Gasteiger partial charge in [-0.1, -0.05) is 0 Å². The van der Waals surface area contributed by atoms with Crippen LogP contribution < -0.4 is 20.5 Å². The topological polar surface area (TPSA) is 93.8 Å². The first-order valence-corrected chi connectivity index (χ1v) is 6.17. The monoisotopic (exact) mass is 288 g/mol. The molecule has 0 aliphatic rings. The van der Waals surface area contributed by atoms with Crippen LogP contribution >= 0.6 is 0 Å². The zero-order valence-electron chi connectivity index (χ0n) is 11.7. The van der Waals surface area contributed by atoms with Crippen molar-refractivity contribution in [2.24, 2.45) is 0 Å². The van der Waals surface area contributed by atoms with Crippen LogP contribution in [0.25, 0.3) is 0 Å². The first kappa shape index (κ1) is 14.5. The van der Waals surface area contributed by atoms with E-state index < -0.39 is 0 Å². The van der Waals surface area contributed by atoms with Crippen molar-refractivity contribution in [1.29, 1.82) is 0 Å². The van der Waals surface area contributed by atoms with Gasteiger partial charge in [0.1, 0.15) is 5.75 Å². The second-order valence-electron chi connectivity index (χ2n) is 4.30. The molecule has 0 radical (unpaired) electrons. The van der Waals surface area contributed by atoms with E-state index in [1.807, 2.05) is 0 Å². The molecule has 1 amide bonds. The molecule has 6 heteroatoms. The maximum Gasteiger partial charge on any atom is 0.259 e. The minimum atomic E-state index is -0.364. The normalized spacial score (nSPS) is 10.0. The molecule has 21 heavy (non-hydrogen) atoms. The Hall–Kier alpha value is -2.89. The number of anilines is 2. The number of phenols is 1. The Labute approximate surface area is 122 Å². The average molecular weight is 288 g/mol. The number of carbonyl (C=O) groups excluding carboxylic acids is 1. The summed E-state index contributed by atoms with van der Waals surface area (Å²) in [6, 6.07) is 9.35. The van der Waals surface area contributed by atoms with Gasteiger partial charge in [0.2, 0.25) is 0 Å². The van der Waals surface area contributed by atoms with Crippen molar-refractivity contribution in [3.63, 3.8) is 0 Å². The highest BCUT2D eigenvalue weighted by Crippen LogP contribution is 2.29. The fourth-order valence-electron chi connectivity index (χ4n) is 1.86. The molecule has 2 aromatic rings. The Morgan fingerprint density at radius 2 is 1.81 bits per heavy atom. The molecule has 0 atom stereocenters. The Balaban J connectivity index is 2.24. The number of carbonyl (C=O) groups is 1. The summed E-state index contributed by atoms with van der Waals surface area (Å²) < 4.78 is 10.1. The van der Waals surface area contributed by atoms with Gasteiger partial charge in [0.05, 0.1) is 19.8 Å². The summed E-state index contributed by atoms with van der Waals surface area (Å²) in [7, 11) is 2.91. The van der Waals surface area contributed by atoms with E-state index in [0.717, 1.165) is 0 Å². The lowest BCUT2D eigenvalue weighted by Gasteiger charge is -2.11. The highest BCUT2D eigenvalue weighted by Gasteiger charge is 2.13. The van der Waals surface area contributed by atoms with Crippen molar-refractivity contribution in [2.45, 2.75) is 0 Å². The van der Waals surface area contributed by atoms with E-state index >= 15 is 0 Å². The van der Waals surface area contributed by atoms with Gasteiger partial charge in [-0.2, -0.15) is 0 Å². The maximum atomic E-state index is 12.2. The number of rotatable bonds is 4. The van der Waals surface area contributed by atoms with Crippen LogP contribution in [0.4, 0.5) is 11.4 Å². The molecule has 110 valence electrons. The van der Waals surface area contributed by atoms with E-state index in [4.69, 9.17) is 15.2 Å². The van der Waals surface area contributed by atoms with Crippen molar-refractivity contribution in [2.75, 3.05) is 25.3 Å². The van der Waals surface area contributed by atoms with E-state index in [9.17, 15) is 9.90 Å². The van der Waals surface area contributed by atoms with Crippen LogP contribution in [0.5, 0.6) is 17.2 Å². The Morgan fingerprint density at radius 1 is 1.10 bits per heavy atom. The first-order valence-electron chi connectivity index (χ1n) is 6.17. The quantitative estimate of drug-likeness (QED) is 0.750. The lowest BCUT2D eigenvalue weighted by Crippen LogP contribution is -2.13. The number of hydrogen-bond donors (Lipinski definition) is 3. The summed E-state index contributed by atoms with van der Waals surface area (Å²) >= 11 is 0. The molecule has 0 aliphatic carbocycles. The lowest BCUT2D eigenvalue weighted by atomic mass is 10.1. The largest absolute Gasteiger partial charge is 0.504 e. The van der Waals surface area contributed by atoms with Crippen molar-refractivity contribution in [3.05, 3.63) is 42.0 Å². The summed E-state index contributed by atoms with van der Waals surface area (Å²) in [5, 5.41) is 12.4. The SMILES string of the molecule is COc1ccc(NC(=O)c2ccc(N)cc2OC)cc1O. The summed E-state index contributed by atoms with van der Waals surface area (Å²) in [6.45, 7) is 0. The number of phenolic OH excluding ortho intramolecular Hbond substituents is 1. The van der Waals surface area contributed by atoms with E-state index in [-0.39, 0.29) is 11.7 Å². The smallest absolute Gasteiger partial charge is 0.259 e. The fourth-order valence-corrected chi connectivity index (χ4v) is 1.86. The minimum Gasteiger partial charge on any atom is -0.504 e. The van der Waals surface area contributed by atoms with Gasteiger partial charge in [-0.3, -0.25) is 4.79 Å². The third kappa shape index (κ3) is 3.17. The predicted octanol–water partition coefficient (Wildman–Crippen LogP) is 2.24. The first-order chi connectivity index (χ1) is 10.0. The number of methoxy groups -OCH3 is 2. The number of amides is 1. The number of benzene rings is 2. The van der Waals surface area contributed by atoms with Gasteiger partial charge in [-0.05, 0) is 24.3 Å². The zero-order chi connectivity index (χ0) is 15.4. The van der Waals surface area contributed by atoms with Gasteiger partial charge in [0.25, 0.3) is 5.91 Å². The van der Waals surface area contributed by atoms with Crippen LogP contribution in [-0.4, -0.2) is 25.2 Å². The second kappa shape index (κ2) is 6.04. The van der Waals surface area contributed by atoms with Gasteiger partial charge in [0, 0.05) is 23.5 Å². The molecule has 2 aromatic carbocycles. The van der Waals surface area contributed by atoms with Gasteiger partial charge in [-0.15, -0.1) is 0 Å². The number of nitrogens with one attached hydrogen (secondary N) is 1. The minimum absolute atomic E-state index is 0.0560. The molecule has 0 unspecified atom stereocenters. The van der Waals surface area contributed by atoms with Crippen molar-refractivity contribution in [3.8, 4) is 17.2 Å². The summed E-state index contributed by atoms with van der Waals surface area (Å²) in [6.07, 6.45) is 0. The summed E-state index contributed by atoms with van der Waals surface area (Å²) in [5.74, 6) is 0.291. The summed E-state index contributed by atoms with van der Waals surface area (Å²) in [4.78, 5) is 12.2. The Morgan fingerprint density at radius 3 is 2.43 bits per heavy atom. The van der Waals surface area contributed by atoms with E-state index in [1.54, 1.807) is 30.3 Å². The molecule has 0 aliphatic heterocycles. The van der Waals surface area contributed by atoms with Crippen LogP contribution in [0, 0.1) is 0 Å². The second-order valence-corrected chi connectivity index (χ2v) is 4.30. The van der Waals surface area contributed by atoms with Gasteiger partial charge >= 0.3 is 0 Å². The molecule has 0 heterocycles. The predicted molar refractivity (Wildman–Crippen MR) is 80.0 cm³/mol. The van der Waals surface area contributed by atoms with Gasteiger partial charge in [0.15, 0.2) is 11.5 Å². The molecule has 0 bridgehead atoms. The van der Waals surface area contributed by atoms with Crippen molar-refractivity contribution in [1.82, 2.24) is 0 Å². The van der Waals surface area contributed by atoms with E-state index in [0.29, 0.717) is 28.4 Å². The van der Waals surface area contributed by atoms with Crippen LogP contribution in [0.3, 0.4) is 0 Å². The molecular weight excluding hydrogens is 272 g/mol. The Kier molecular flexibility index (Phi) is 4.18. The lowest BCUT2D eigenvalue weighted by molar-refractivity contribution is 0.102. The van der Waals surface area contributed by atoms with E-state index in [1.165, 1.54) is 20.3 Å². The maximum absolute atomic E-state index is 12.2. The summed E-state index contributed by atoms with van der Waals surface area (Å²) in [5.41, 5.74) is 6.94. The van der Waals surface area contributed by atoms with Crippen molar-refractivity contribution < 1.29 is 19.4 Å². The molecule has 0 spiro atoms. The molecular formula is C15H16N2O4. The number of nitrogen functional groups attached to an aromatic ring is 1. The van der Waals surface area contributed by atoms with Crippen molar-refractivity contribution >= 4 is 17.3 Å². The zero-order valence-corrected chi connectivity index (χ0v) is 11.7. The van der Waals surface area contributed by atoms with Gasteiger partial charge < -0.3 is 25.6 Å². The Bertz CT molecular complexity index is 671. The fraction of sp³-hybridized carbons (Fsp3) is 0.133. The highest BCUT2D eigenvalue weighted by molar-refractivity contribution is 6.06. The molecule has 2 rings (SSSR count). The number of ether oxygens (including phenoxy) is 2. The average Bonchev–Trinajstić information content (AvgIpc) is 2.47. The molecule has 0 saturated heterocycles. The van der Waals surface area contributed by atoms with Crippen LogP contribution in [-0.2, 0) is 0 Å². The molecule has 0 saturated carbocycles.